The summed E-state index contributed by atoms with van der Waals surface area (Å²) >= 11 is 0. The Morgan fingerprint density at radius 2 is 2.04 bits per heavy atom. The summed E-state index contributed by atoms with van der Waals surface area (Å²) in [4.78, 5) is 23.1. The van der Waals surface area contributed by atoms with Crippen molar-refractivity contribution >= 4 is 11.7 Å². The third-order valence-corrected chi connectivity index (χ3v) is 4.97. The third-order valence-electron chi connectivity index (χ3n) is 4.97. The molecule has 0 spiro atoms. The number of rotatable bonds is 6. The van der Waals surface area contributed by atoms with E-state index in [0.29, 0.717) is 18.8 Å². The molecule has 24 heavy (non-hydrogen) atoms. The first-order valence-electron chi connectivity index (χ1n) is 9.22. The third kappa shape index (κ3) is 5.16. The molecule has 1 saturated heterocycles. The number of amides is 1. The summed E-state index contributed by atoms with van der Waals surface area (Å²) in [6.07, 6.45) is 9.99. The van der Waals surface area contributed by atoms with Crippen molar-refractivity contribution in [2.45, 2.75) is 51.5 Å². The molecule has 1 aliphatic heterocycles. The maximum absolute atomic E-state index is 12.1. The van der Waals surface area contributed by atoms with Gasteiger partial charge in [0.25, 0.3) is 0 Å². The van der Waals surface area contributed by atoms with E-state index in [0.717, 1.165) is 44.5 Å². The number of hydrogen-bond donors (Lipinski definition) is 1. The molecular formula is C18H28N4O2. The second kappa shape index (κ2) is 8.97. The van der Waals surface area contributed by atoms with Gasteiger partial charge in [0.05, 0.1) is 19.8 Å². The van der Waals surface area contributed by atoms with Gasteiger partial charge in [-0.25, -0.2) is 9.97 Å². The number of nitrogens with zero attached hydrogens (tertiary/aromatic N) is 3. The Morgan fingerprint density at radius 1 is 1.25 bits per heavy atom. The van der Waals surface area contributed by atoms with Crippen LogP contribution in [0.15, 0.2) is 12.3 Å². The molecule has 1 saturated carbocycles. The predicted molar refractivity (Wildman–Crippen MR) is 92.7 cm³/mol. The number of nitrogens with one attached hydrogen (secondary N) is 1. The molecule has 6 heteroatoms. The molecule has 0 unspecified atom stereocenters. The van der Waals surface area contributed by atoms with E-state index in [1.807, 2.05) is 6.07 Å². The lowest BCUT2D eigenvalue weighted by Crippen LogP contribution is -2.37. The zero-order valence-electron chi connectivity index (χ0n) is 14.4. The maximum atomic E-state index is 12.1. The van der Waals surface area contributed by atoms with Crippen LogP contribution in [0.25, 0.3) is 0 Å². The van der Waals surface area contributed by atoms with Crippen LogP contribution < -0.4 is 10.2 Å². The molecule has 1 aliphatic carbocycles. The summed E-state index contributed by atoms with van der Waals surface area (Å²) in [6, 6.07) is 1.92. The van der Waals surface area contributed by atoms with Crippen LogP contribution in [-0.2, 0) is 16.1 Å². The lowest BCUT2D eigenvalue weighted by atomic mass is 9.86. The molecule has 1 aromatic heterocycles. The van der Waals surface area contributed by atoms with Gasteiger partial charge in [-0.2, -0.15) is 0 Å². The van der Waals surface area contributed by atoms with E-state index in [1.54, 1.807) is 6.20 Å². The van der Waals surface area contributed by atoms with Gasteiger partial charge in [-0.1, -0.05) is 32.1 Å². The molecule has 2 fully saturated rings. The molecule has 0 aromatic carbocycles. The molecular weight excluding hydrogens is 304 g/mol. The Hall–Kier alpha value is -1.69. The van der Waals surface area contributed by atoms with Crippen molar-refractivity contribution in [1.82, 2.24) is 15.3 Å². The average molecular weight is 332 g/mol. The number of anilines is 1. The molecule has 0 radical (unpaired) electrons. The van der Waals surface area contributed by atoms with Crippen molar-refractivity contribution in [2.75, 3.05) is 31.2 Å². The number of ether oxygens (including phenoxy) is 1. The van der Waals surface area contributed by atoms with E-state index in [9.17, 15) is 4.79 Å². The van der Waals surface area contributed by atoms with Crippen LogP contribution in [0, 0.1) is 5.92 Å². The highest BCUT2D eigenvalue weighted by Crippen LogP contribution is 2.27. The first-order valence-corrected chi connectivity index (χ1v) is 9.22. The Balaban J connectivity index is 1.42. The molecule has 3 rings (SSSR count). The smallest absolute Gasteiger partial charge is 0.220 e. The first kappa shape index (κ1) is 17.1. The molecule has 0 bridgehead atoms. The SMILES string of the molecule is O=C(CCC1CCCCC1)NCc1nccc(N2CCOCC2)n1. The van der Waals surface area contributed by atoms with Crippen molar-refractivity contribution in [2.24, 2.45) is 5.92 Å². The van der Waals surface area contributed by atoms with Crippen molar-refractivity contribution < 1.29 is 9.53 Å². The van der Waals surface area contributed by atoms with Crippen LogP contribution in [0.4, 0.5) is 5.82 Å². The van der Waals surface area contributed by atoms with E-state index in [2.05, 4.69) is 20.2 Å². The molecule has 2 aliphatic rings. The summed E-state index contributed by atoms with van der Waals surface area (Å²) in [5.41, 5.74) is 0. The van der Waals surface area contributed by atoms with Gasteiger partial charge in [-0.15, -0.1) is 0 Å². The van der Waals surface area contributed by atoms with Gasteiger partial charge < -0.3 is 15.0 Å². The zero-order chi connectivity index (χ0) is 16.6. The van der Waals surface area contributed by atoms with Crippen LogP contribution in [0.3, 0.4) is 0 Å². The highest BCUT2D eigenvalue weighted by atomic mass is 16.5. The molecule has 1 aromatic rings. The van der Waals surface area contributed by atoms with Crippen molar-refractivity contribution in [3.05, 3.63) is 18.1 Å². The van der Waals surface area contributed by atoms with Gasteiger partial charge in [0.2, 0.25) is 5.91 Å². The minimum absolute atomic E-state index is 0.112. The molecule has 132 valence electrons. The molecule has 1 amide bonds. The van der Waals surface area contributed by atoms with Crippen LogP contribution in [0.5, 0.6) is 0 Å². The van der Waals surface area contributed by atoms with E-state index in [-0.39, 0.29) is 5.91 Å². The Morgan fingerprint density at radius 3 is 2.83 bits per heavy atom. The van der Waals surface area contributed by atoms with Gasteiger partial charge in [0.15, 0.2) is 0 Å². The summed E-state index contributed by atoms with van der Waals surface area (Å²) in [5.74, 6) is 2.44. The lowest BCUT2D eigenvalue weighted by molar-refractivity contribution is -0.121. The van der Waals surface area contributed by atoms with Gasteiger partial charge in [0, 0.05) is 25.7 Å². The number of carbonyl (C=O) groups excluding carboxylic acids is 1. The van der Waals surface area contributed by atoms with Gasteiger partial charge in [-0.05, 0) is 18.4 Å². The number of aromatic nitrogens is 2. The fourth-order valence-electron chi connectivity index (χ4n) is 3.52. The minimum atomic E-state index is 0.112. The minimum Gasteiger partial charge on any atom is -0.378 e. The van der Waals surface area contributed by atoms with Crippen LogP contribution >= 0.6 is 0 Å². The van der Waals surface area contributed by atoms with Crippen molar-refractivity contribution in [3.63, 3.8) is 0 Å². The summed E-state index contributed by atoms with van der Waals surface area (Å²) in [5, 5.41) is 2.96. The van der Waals surface area contributed by atoms with Gasteiger partial charge >= 0.3 is 0 Å². The molecule has 0 atom stereocenters. The maximum Gasteiger partial charge on any atom is 0.220 e. The topological polar surface area (TPSA) is 67.4 Å². The Labute approximate surface area is 144 Å². The van der Waals surface area contributed by atoms with E-state index < -0.39 is 0 Å². The average Bonchev–Trinajstić information content (AvgIpc) is 2.66. The summed E-state index contributed by atoms with van der Waals surface area (Å²) in [7, 11) is 0. The first-order chi connectivity index (χ1) is 11.8. The molecule has 1 N–H and O–H groups in total. The highest BCUT2D eigenvalue weighted by molar-refractivity contribution is 5.75. The standard InChI is InChI=1S/C18H28N4O2/c23-18(7-6-15-4-2-1-3-5-15)20-14-16-19-9-8-17(21-16)22-10-12-24-13-11-22/h8-9,15H,1-7,10-14H2,(H,20,23). The van der Waals surface area contributed by atoms with Crippen molar-refractivity contribution in [1.29, 1.82) is 0 Å². The Kier molecular flexibility index (Phi) is 6.41. The van der Waals surface area contributed by atoms with Crippen LogP contribution in [0.1, 0.15) is 50.8 Å². The van der Waals surface area contributed by atoms with E-state index >= 15 is 0 Å². The Bertz CT molecular complexity index is 526. The number of carbonyl (C=O) groups is 1. The normalized spacial score (nSPS) is 19.2. The number of hydrogen-bond acceptors (Lipinski definition) is 5. The summed E-state index contributed by atoms with van der Waals surface area (Å²) < 4.78 is 5.37. The van der Waals surface area contributed by atoms with Gasteiger partial charge in [0.1, 0.15) is 11.6 Å². The second-order valence-corrected chi connectivity index (χ2v) is 6.75. The van der Waals surface area contributed by atoms with E-state index in [1.165, 1.54) is 32.1 Å². The second-order valence-electron chi connectivity index (χ2n) is 6.75. The molecule has 6 nitrogen and oxygen atoms in total. The van der Waals surface area contributed by atoms with Crippen LogP contribution in [0.2, 0.25) is 0 Å². The largest absolute Gasteiger partial charge is 0.378 e. The fourth-order valence-corrected chi connectivity index (χ4v) is 3.52. The monoisotopic (exact) mass is 332 g/mol. The predicted octanol–water partition coefficient (Wildman–Crippen LogP) is 2.29. The fraction of sp³-hybridized carbons (Fsp3) is 0.722. The van der Waals surface area contributed by atoms with Gasteiger partial charge in [-0.3, -0.25) is 4.79 Å². The zero-order valence-corrected chi connectivity index (χ0v) is 14.4. The summed E-state index contributed by atoms with van der Waals surface area (Å²) in [6.45, 7) is 3.57. The quantitative estimate of drug-likeness (QED) is 0.866. The lowest BCUT2D eigenvalue weighted by Gasteiger charge is -2.27. The highest BCUT2D eigenvalue weighted by Gasteiger charge is 2.15. The van der Waals surface area contributed by atoms with Crippen molar-refractivity contribution in [3.8, 4) is 0 Å². The number of morpholine rings is 1. The molecule has 2 heterocycles. The van der Waals surface area contributed by atoms with E-state index in [4.69, 9.17) is 4.74 Å². The van der Waals surface area contributed by atoms with Crippen LogP contribution in [-0.4, -0.2) is 42.2 Å².